The third kappa shape index (κ3) is 3.90. The highest BCUT2D eigenvalue weighted by atomic mass is 16.4. The molecule has 2 rings (SSSR count). The number of carboxylic acid groups (broad SMARTS) is 1. The van der Waals surface area contributed by atoms with E-state index in [1.807, 2.05) is 4.90 Å². The van der Waals surface area contributed by atoms with Gasteiger partial charge >= 0.3 is 5.97 Å². The zero-order chi connectivity index (χ0) is 15.2. The van der Waals surface area contributed by atoms with Gasteiger partial charge in [0.2, 0.25) is 11.9 Å². The summed E-state index contributed by atoms with van der Waals surface area (Å²) in [7, 11) is 0. The van der Waals surface area contributed by atoms with Gasteiger partial charge in [0.1, 0.15) is 6.04 Å². The largest absolute Gasteiger partial charge is 0.481 e. The maximum atomic E-state index is 12.2. The predicted octanol–water partition coefficient (Wildman–Crippen LogP) is 0.672. The number of hydrogen-bond donors (Lipinski definition) is 2. The van der Waals surface area contributed by atoms with Crippen molar-refractivity contribution in [2.45, 2.75) is 32.2 Å². The molecule has 1 aromatic rings. The molecule has 7 heteroatoms. The van der Waals surface area contributed by atoms with E-state index in [1.165, 1.54) is 0 Å². The molecule has 21 heavy (non-hydrogen) atoms. The Hall–Kier alpha value is -2.18. The number of amides is 1. The Morgan fingerprint density at radius 1 is 1.48 bits per heavy atom. The van der Waals surface area contributed by atoms with Gasteiger partial charge in [0.15, 0.2) is 0 Å². The molecule has 1 saturated heterocycles. The van der Waals surface area contributed by atoms with Crippen LogP contribution in [0, 0.1) is 5.92 Å². The standard InChI is InChI=1S/C14H20N4O3/c1-10(13(20)21)5-8-15-12(19)11-4-2-9-18(11)14-16-6-3-7-17-14/h3,6-7,10-11H,2,4-5,8-9H2,1H3,(H,15,19)(H,20,21). The van der Waals surface area contributed by atoms with E-state index in [4.69, 9.17) is 5.11 Å². The third-order valence-corrected chi connectivity index (χ3v) is 3.66. The second-order valence-corrected chi connectivity index (χ2v) is 5.22. The third-order valence-electron chi connectivity index (χ3n) is 3.66. The van der Waals surface area contributed by atoms with E-state index < -0.39 is 11.9 Å². The number of nitrogens with one attached hydrogen (secondary N) is 1. The summed E-state index contributed by atoms with van der Waals surface area (Å²) in [4.78, 5) is 33.2. The van der Waals surface area contributed by atoms with Crippen molar-refractivity contribution in [2.24, 2.45) is 5.92 Å². The fourth-order valence-electron chi connectivity index (χ4n) is 2.37. The van der Waals surface area contributed by atoms with Gasteiger partial charge in [0.25, 0.3) is 0 Å². The molecule has 2 unspecified atom stereocenters. The molecule has 1 amide bonds. The number of carboxylic acids is 1. The maximum absolute atomic E-state index is 12.2. The van der Waals surface area contributed by atoms with Crippen molar-refractivity contribution in [1.82, 2.24) is 15.3 Å². The minimum Gasteiger partial charge on any atom is -0.481 e. The first-order chi connectivity index (χ1) is 10.1. The van der Waals surface area contributed by atoms with Crippen LogP contribution in [-0.2, 0) is 9.59 Å². The Bertz CT molecular complexity index is 494. The van der Waals surface area contributed by atoms with Crippen LogP contribution in [0.1, 0.15) is 26.2 Å². The van der Waals surface area contributed by atoms with Crippen molar-refractivity contribution in [2.75, 3.05) is 18.0 Å². The zero-order valence-corrected chi connectivity index (χ0v) is 12.0. The monoisotopic (exact) mass is 292 g/mol. The van der Waals surface area contributed by atoms with Gasteiger partial charge in [-0.05, 0) is 25.3 Å². The topological polar surface area (TPSA) is 95.4 Å². The molecule has 1 aliphatic heterocycles. The van der Waals surface area contributed by atoms with Crippen LogP contribution < -0.4 is 10.2 Å². The lowest BCUT2D eigenvalue weighted by molar-refractivity contribution is -0.141. The summed E-state index contributed by atoms with van der Waals surface area (Å²) in [5.74, 6) is -0.821. The molecule has 114 valence electrons. The normalized spacial score (nSPS) is 19.3. The van der Waals surface area contributed by atoms with Crippen molar-refractivity contribution < 1.29 is 14.7 Å². The quantitative estimate of drug-likeness (QED) is 0.800. The Kier molecular flexibility index (Phi) is 5.08. The molecule has 1 aliphatic rings. The van der Waals surface area contributed by atoms with Crippen LogP contribution in [0.3, 0.4) is 0 Å². The number of carbonyl (C=O) groups excluding carboxylic acids is 1. The van der Waals surface area contributed by atoms with Crippen molar-refractivity contribution in [3.8, 4) is 0 Å². The molecule has 1 aromatic heterocycles. The van der Waals surface area contributed by atoms with Crippen LogP contribution in [-0.4, -0.2) is 46.1 Å². The second kappa shape index (κ2) is 7.01. The lowest BCUT2D eigenvalue weighted by Gasteiger charge is -2.23. The van der Waals surface area contributed by atoms with Gasteiger partial charge in [-0.2, -0.15) is 0 Å². The van der Waals surface area contributed by atoms with Gasteiger partial charge in [0, 0.05) is 25.5 Å². The summed E-state index contributed by atoms with van der Waals surface area (Å²) < 4.78 is 0. The van der Waals surface area contributed by atoms with E-state index in [1.54, 1.807) is 25.4 Å². The lowest BCUT2D eigenvalue weighted by Crippen LogP contribution is -2.44. The van der Waals surface area contributed by atoms with E-state index in [0.717, 1.165) is 19.4 Å². The summed E-state index contributed by atoms with van der Waals surface area (Å²) in [6.45, 7) is 2.76. The van der Waals surface area contributed by atoms with E-state index in [0.29, 0.717) is 18.9 Å². The van der Waals surface area contributed by atoms with Crippen LogP contribution in [0.4, 0.5) is 5.95 Å². The van der Waals surface area contributed by atoms with Gasteiger partial charge in [0.05, 0.1) is 5.92 Å². The predicted molar refractivity (Wildman–Crippen MR) is 76.8 cm³/mol. The maximum Gasteiger partial charge on any atom is 0.306 e. The molecule has 2 heterocycles. The minimum atomic E-state index is -0.843. The van der Waals surface area contributed by atoms with Crippen molar-refractivity contribution in [3.63, 3.8) is 0 Å². The van der Waals surface area contributed by atoms with Gasteiger partial charge in [-0.3, -0.25) is 9.59 Å². The van der Waals surface area contributed by atoms with Crippen molar-refractivity contribution in [3.05, 3.63) is 18.5 Å². The fraction of sp³-hybridized carbons (Fsp3) is 0.571. The summed E-state index contributed by atoms with van der Waals surface area (Å²) in [6, 6.07) is 1.47. The average Bonchev–Trinajstić information content (AvgIpc) is 2.97. The first-order valence-electron chi connectivity index (χ1n) is 7.13. The minimum absolute atomic E-state index is 0.0856. The van der Waals surface area contributed by atoms with Crippen LogP contribution in [0.2, 0.25) is 0 Å². The van der Waals surface area contributed by atoms with Gasteiger partial charge < -0.3 is 15.3 Å². The van der Waals surface area contributed by atoms with E-state index >= 15 is 0 Å². The van der Waals surface area contributed by atoms with Gasteiger partial charge in [-0.15, -0.1) is 0 Å². The summed E-state index contributed by atoms with van der Waals surface area (Å²) in [5.41, 5.74) is 0. The Morgan fingerprint density at radius 2 is 2.19 bits per heavy atom. The van der Waals surface area contributed by atoms with E-state index in [9.17, 15) is 9.59 Å². The molecule has 0 aliphatic carbocycles. The molecule has 2 atom stereocenters. The number of aromatic nitrogens is 2. The summed E-state index contributed by atoms with van der Waals surface area (Å²) in [5, 5.41) is 11.6. The van der Waals surface area contributed by atoms with Crippen LogP contribution in [0.25, 0.3) is 0 Å². The molecule has 0 radical (unpaired) electrons. The lowest BCUT2D eigenvalue weighted by atomic mass is 10.1. The second-order valence-electron chi connectivity index (χ2n) is 5.22. The van der Waals surface area contributed by atoms with E-state index in [2.05, 4.69) is 15.3 Å². The number of nitrogens with zero attached hydrogens (tertiary/aromatic N) is 3. The Balaban J connectivity index is 1.88. The van der Waals surface area contributed by atoms with Crippen LogP contribution >= 0.6 is 0 Å². The Labute approximate surface area is 123 Å². The average molecular weight is 292 g/mol. The molecular formula is C14H20N4O3. The molecule has 1 fully saturated rings. The fourth-order valence-corrected chi connectivity index (χ4v) is 2.37. The van der Waals surface area contributed by atoms with Crippen LogP contribution in [0.15, 0.2) is 18.5 Å². The number of anilines is 1. The molecule has 0 saturated carbocycles. The first kappa shape index (κ1) is 15.2. The molecule has 0 spiro atoms. The Morgan fingerprint density at radius 3 is 2.86 bits per heavy atom. The molecule has 2 N–H and O–H groups in total. The first-order valence-corrected chi connectivity index (χ1v) is 7.13. The smallest absolute Gasteiger partial charge is 0.306 e. The number of hydrogen-bond acceptors (Lipinski definition) is 5. The molecule has 0 aromatic carbocycles. The van der Waals surface area contributed by atoms with Crippen molar-refractivity contribution >= 4 is 17.8 Å². The SMILES string of the molecule is CC(CCNC(=O)C1CCCN1c1ncccn1)C(=O)O. The summed E-state index contributed by atoms with van der Waals surface area (Å²) in [6.07, 6.45) is 5.42. The number of aliphatic carboxylic acids is 1. The van der Waals surface area contributed by atoms with Gasteiger partial charge in [-0.1, -0.05) is 6.92 Å². The number of carbonyl (C=O) groups is 2. The number of rotatable bonds is 6. The molecular weight excluding hydrogens is 272 g/mol. The van der Waals surface area contributed by atoms with E-state index in [-0.39, 0.29) is 11.9 Å². The highest BCUT2D eigenvalue weighted by Gasteiger charge is 2.32. The molecule has 7 nitrogen and oxygen atoms in total. The highest BCUT2D eigenvalue weighted by molar-refractivity contribution is 5.85. The van der Waals surface area contributed by atoms with Gasteiger partial charge in [-0.25, -0.2) is 9.97 Å². The highest BCUT2D eigenvalue weighted by Crippen LogP contribution is 2.21. The van der Waals surface area contributed by atoms with Crippen LogP contribution in [0.5, 0.6) is 0 Å². The van der Waals surface area contributed by atoms with Crippen molar-refractivity contribution in [1.29, 1.82) is 0 Å². The molecule has 0 bridgehead atoms. The summed E-state index contributed by atoms with van der Waals surface area (Å²) >= 11 is 0. The zero-order valence-electron chi connectivity index (χ0n) is 12.0.